The predicted molar refractivity (Wildman–Crippen MR) is 73.4 cm³/mol. The average Bonchev–Trinajstić information content (AvgIpc) is 2.79. The molecule has 104 valence electrons. The highest BCUT2D eigenvalue weighted by Gasteiger charge is 2.35. The van der Waals surface area contributed by atoms with Crippen LogP contribution in [0.4, 0.5) is 0 Å². The van der Waals surface area contributed by atoms with Crippen LogP contribution in [0.5, 0.6) is 0 Å². The van der Waals surface area contributed by atoms with Crippen molar-refractivity contribution in [3.8, 4) is 0 Å². The summed E-state index contributed by atoms with van der Waals surface area (Å²) in [5, 5.41) is 3.54. The summed E-state index contributed by atoms with van der Waals surface area (Å²) >= 11 is 0. The third-order valence-corrected chi connectivity index (χ3v) is 4.53. The number of nitrogens with zero attached hydrogens (tertiary/aromatic N) is 2. The molecule has 1 unspecified atom stereocenters. The minimum absolute atomic E-state index is 0.208. The molecule has 0 aromatic rings. The Labute approximate surface area is 111 Å². The van der Waals surface area contributed by atoms with Crippen molar-refractivity contribution in [1.82, 2.24) is 15.1 Å². The van der Waals surface area contributed by atoms with E-state index in [9.17, 15) is 4.79 Å². The molecule has 4 nitrogen and oxygen atoms in total. The summed E-state index contributed by atoms with van der Waals surface area (Å²) in [6, 6.07) is 0.410. The Hall–Kier alpha value is -0.610. The quantitative estimate of drug-likeness (QED) is 0.807. The number of nitrogens with one attached hydrogen (secondary N) is 1. The summed E-state index contributed by atoms with van der Waals surface area (Å²) in [6.07, 6.45) is 4.77. The first-order chi connectivity index (χ1) is 8.58. The number of carbonyl (C=O) groups is 1. The number of piperidine rings is 1. The first-order valence-corrected chi connectivity index (χ1v) is 7.21. The smallest absolute Gasteiger partial charge is 0.226 e. The summed E-state index contributed by atoms with van der Waals surface area (Å²) in [5.74, 6) is 1.31. The van der Waals surface area contributed by atoms with Crippen LogP contribution in [0.3, 0.4) is 0 Å². The molecule has 4 heteroatoms. The van der Waals surface area contributed by atoms with Gasteiger partial charge in [0.2, 0.25) is 5.91 Å². The third kappa shape index (κ3) is 3.23. The zero-order valence-electron chi connectivity index (χ0n) is 12.0. The largest absolute Gasteiger partial charge is 0.349 e. The molecule has 0 aliphatic carbocycles. The third-order valence-electron chi connectivity index (χ3n) is 4.53. The molecular weight excluding hydrogens is 226 g/mol. The van der Waals surface area contributed by atoms with E-state index < -0.39 is 0 Å². The van der Waals surface area contributed by atoms with E-state index in [1.165, 1.54) is 32.4 Å². The number of likely N-dealkylation sites (tertiary alicyclic amines) is 1. The topological polar surface area (TPSA) is 35.6 Å². The predicted octanol–water partition coefficient (Wildman–Crippen LogP) is 0.785. The van der Waals surface area contributed by atoms with E-state index in [1.54, 1.807) is 4.90 Å². The first kappa shape index (κ1) is 13.8. The lowest BCUT2D eigenvalue weighted by Crippen LogP contribution is -2.40. The summed E-state index contributed by atoms with van der Waals surface area (Å²) < 4.78 is 0. The molecule has 18 heavy (non-hydrogen) atoms. The summed E-state index contributed by atoms with van der Waals surface area (Å²) in [4.78, 5) is 16.3. The zero-order valence-corrected chi connectivity index (χ0v) is 12.0. The van der Waals surface area contributed by atoms with Crippen LogP contribution in [-0.4, -0.2) is 62.5 Å². The highest BCUT2D eigenvalue weighted by atomic mass is 16.2. The van der Waals surface area contributed by atoms with Crippen LogP contribution in [0.2, 0.25) is 0 Å². The van der Waals surface area contributed by atoms with Gasteiger partial charge in [-0.15, -0.1) is 0 Å². The van der Waals surface area contributed by atoms with E-state index in [2.05, 4.69) is 17.3 Å². The van der Waals surface area contributed by atoms with Crippen LogP contribution < -0.4 is 5.32 Å². The Balaban J connectivity index is 1.86. The fourth-order valence-corrected chi connectivity index (χ4v) is 3.30. The Bertz CT molecular complexity index is 285. The molecule has 2 fully saturated rings. The normalized spacial score (nSPS) is 30.6. The van der Waals surface area contributed by atoms with Gasteiger partial charge in [-0.25, -0.2) is 0 Å². The van der Waals surface area contributed by atoms with Crippen molar-refractivity contribution in [1.29, 1.82) is 0 Å². The van der Waals surface area contributed by atoms with Gasteiger partial charge in [0.25, 0.3) is 0 Å². The van der Waals surface area contributed by atoms with Crippen LogP contribution in [0.25, 0.3) is 0 Å². The SMILES string of the molecule is CN1CCC(CC2NCC[C@H]2C(=O)N(C)C)CC1. The minimum Gasteiger partial charge on any atom is -0.349 e. The van der Waals surface area contributed by atoms with Gasteiger partial charge in [-0.3, -0.25) is 4.79 Å². The molecule has 2 aliphatic rings. The van der Waals surface area contributed by atoms with Crippen molar-refractivity contribution >= 4 is 5.91 Å². The van der Waals surface area contributed by atoms with Crippen molar-refractivity contribution in [2.75, 3.05) is 40.8 Å². The molecule has 1 N–H and O–H groups in total. The second-order valence-corrected chi connectivity index (χ2v) is 6.17. The average molecular weight is 253 g/mol. The summed E-state index contributed by atoms with van der Waals surface area (Å²) in [6.45, 7) is 3.43. The number of hydrogen-bond acceptors (Lipinski definition) is 3. The molecule has 0 radical (unpaired) electrons. The van der Waals surface area contributed by atoms with E-state index in [1.807, 2.05) is 14.1 Å². The van der Waals surface area contributed by atoms with Crippen LogP contribution >= 0.6 is 0 Å². The maximum atomic E-state index is 12.1. The second-order valence-electron chi connectivity index (χ2n) is 6.17. The Morgan fingerprint density at radius 3 is 2.56 bits per heavy atom. The highest BCUT2D eigenvalue weighted by Crippen LogP contribution is 2.28. The lowest BCUT2D eigenvalue weighted by atomic mass is 9.85. The Morgan fingerprint density at radius 1 is 1.28 bits per heavy atom. The molecule has 0 aromatic carbocycles. The molecule has 2 atom stereocenters. The van der Waals surface area contributed by atoms with Crippen LogP contribution in [0, 0.1) is 11.8 Å². The van der Waals surface area contributed by atoms with Crippen molar-refractivity contribution in [2.24, 2.45) is 11.8 Å². The van der Waals surface area contributed by atoms with Gasteiger partial charge in [0.15, 0.2) is 0 Å². The van der Waals surface area contributed by atoms with E-state index in [0.29, 0.717) is 11.9 Å². The zero-order chi connectivity index (χ0) is 13.1. The van der Waals surface area contributed by atoms with Gasteiger partial charge in [0.1, 0.15) is 0 Å². The molecule has 2 saturated heterocycles. The summed E-state index contributed by atoms with van der Waals surface area (Å²) in [5.41, 5.74) is 0. The first-order valence-electron chi connectivity index (χ1n) is 7.21. The van der Waals surface area contributed by atoms with Gasteiger partial charge in [-0.05, 0) is 58.3 Å². The standard InChI is InChI=1S/C14H27N3O/c1-16(2)14(18)12-4-7-15-13(12)10-11-5-8-17(3)9-6-11/h11-13,15H,4-10H2,1-3H3/t12-,13?/m1/s1. The Morgan fingerprint density at radius 2 is 1.94 bits per heavy atom. The van der Waals surface area contributed by atoms with Gasteiger partial charge in [0.05, 0.1) is 5.92 Å². The van der Waals surface area contributed by atoms with Crippen LogP contribution in [0.1, 0.15) is 25.7 Å². The number of carbonyl (C=O) groups excluding carboxylic acids is 1. The van der Waals surface area contributed by atoms with Crippen molar-refractivity contribution in [3.63, 3.8) is 0 Å². The van der Waals surface area contributed by atoms with Gasteiger partial charge in [0, 0.05) is 20.1 Å². The van der Waals surface area contributed by atoms with Gasteiger partial charge < -0.3 is 15.1 Å². The van der Waals surface area contributed by atoms with Gasteiger partial charge >= 0.3 is 0 Å². The molecular formula is C14H27N3O. The molecule has 2 heterocycles. The molecule has 2 rings (SSSR count). The lowest BCUT2D eigenvalue weighted by Gasteiger charge is -2.32. The van der Waals surface area contributed by atoms with E-state index in [0.717, 1.165) is 18.9 Å². The van der Waals surface area contributed by atoms with Crippen molar-refractivity contribution < 1.29 is 4.79 Å². The second kappa shape index (κ2) is 6.02. The molecule has 0 saturated carbocycles. The number of amides is 1. The fraction of sp³-hybridized carbons (Fsp3) is 0.929. The molecule has 2 aliphatic heterocycles. The molecule has 0 spiro atoms. The maximum Gasteiger partial charge on any atom is 0.226 e. The lowest BCUT2D eigenvalue weighted by molar-refractivity contribution is -0.133. The van der Waals surface area contributed by atoms with E-state index >= 15 is 0 Å². The van der Waals surface area contributed by atoms with Crippen molar-refractivity contribution in [3.05, 3.63) is 0 Å². The van der Waals surface area contributed by atoms with Gasteiger partial charge in [-0.2, -0.15) is 0 Å². The van der Waals surface area contributed by atoms with Crippen molar-refractivity contribution in [2.45, 2.75) is 31.7 Å². The van der Waals surface area contributed by atoms with Gasteiger partial charge in [-0.1, -0.05) is 0 Å². The van der Waals surface area contributed by atoms with Crippen LogP contribution in [-0.2, 0) is 4.79 Å². The Kier molecular flexibility index (Phi) is 4.62. The van der Waals surface area contributed by atoms with Crippen LogP contribution in [0.15, 0.2) is 0 Å². The highest BCUT2D eigenvalue weighted by molar-refractivity contribution is 5.79. The summed E-state index contributed by atoms with van der Waals surface area (Å²) in [7, 11) is 5.93. The molecule has 0 bridgehead atoms. The number of hydrogen-bond donors (Lipinski definition) is 1. The van der Waals surface area contributed by atoms with E-state index in [-0.39, 0.29) is 5.92 Å². The molecule has 0 aromatic heterocycles. The maximum absolute atomic E-state index is 12.1. The number of rotatable bonds is 3. The fourth-order valence-electron chi connectivity index (χ4n) is 3.30. The monoisotopic (exact) mass is 253 g/mol. The minimum atomic E-state index is 0.208. The van der Waals surface area contributed by atoms with E-state index in [4.69, 9.17) is 0 Å². The molecule has 1 amide bonds.